The first-order chi connectivity index (χ1) is 6.56. The molecule has 0 aliphatic heterocycles. The smallest absolute Gasteiger partial charge is 0.124 e. The van der Waals surface area contributed by atoms with Crippen molar-refractivity contribution in [2.75, 3.05) is 5.73 Å². The van der Waals surface area contributed by atoms with Crippen molar-refractivity contribution in [2.45, 2.75) is 25.8 Å². The Labute approximate surface area is 91.6 Å². The van der Waals surface area contributed by atoms with Crippen LogP contribution >= 0.6 is 15.9 Å². The second kappa shape index (κ2) is 4.75. The van der Waals surface area contributed by atoms with Crippen LogP contribution in [-0.2, 0) is 0 Å². The molecule has 0 heterocycles. The Kier molecular flexibility index (Phi) is 3.89. The Bertz CT molecular complexity index is 328. The monoisotopic (exact) mass is 260 g/mol. The molecule has 2 nitrogen and oxygen atoms in total. The maximum atomic E-state index is 13.1. The lowest BCUT2D eigenvalue weighted by Gasteiger charge is -2.14. The first-order valence-electron chi connectivity index (χ1n) is 4.56. The number of hydrogen-bond donors (Lipinski definition) is 2. The summed E-state index contributed by atoms with van der Waals surface area (Å²) < 4.78 is 13.6. The summed E-state index contributed by atoms with van der Waals surface area (Å²) >= 11 is 3.20. The number of anilines is 1. The predicted molar refractivity (Wildman–Crippen MR) is 60.3 cm³/mol. The van der Waals surface area contributed by atoms with Gasteiger partial charge in [-0.1, -0.05) is 13.3 Å². The molecule has 4 N–H and O–H groups in total. The number of hydrogen-bond acceptors (Lipinski definition) is 2. The zero-order valence-corrected chi connectivity index (χ0v) is 9.64. The van der Waals surface area contributed by atoms with Crippen LogP contribution in [0.25, 0.3) is 0 Å². The van der Waals surface area contributed by atoms with Crippen LogP contribution in [0.2, 0.25) is 0 Å². The number of rotatable bonds is 3. The third-order valence-electron chi connectivity index (χ3n) is 2.13. The SMILES string of the molecule is CCC[C@@H](N)c1cc(F)cc(Br)c1N. The highest BCUT2D eigenvalue weighted by atomic mass is 79.9. The van der Waals surface area contributed by atoms with Gasteiger partial charge in [0.15, 0.2) is 0 Å². The highest BCUT2D eigenvalue weighted by molar-refractivity contribution is 9.10. The van der Waals surface area contributed by atoms with Crippen molar-refractivity contribution in [2.24, 2.45) is 5.73 Å². The molecule has 0 aromatic heterocycles. The molecular weight excluding hydrogens is 247 g/mol. The molecular formula is C10H14BrFN2. The van der Waals surface area contributed by atoms with Crippen molar-refractivity contribution in [1.29, 1.82) is 0 Å². The van der Waals surface area contributed by atoms with E-state index >= 15 is 0 Å². The molecule has 0 aliphatic rings. The molecule has 0 fully saturated rings. The van der Waals surface area contributed by atoms with Gasteiger partial charge in [0, 0.05) is 10.5 Å². The third-order valence-corrected chi connectivity index (χ3v) is 2.78. The molecule has 0 spiro atoms. The van der Waals surface area contributed by atoms with E-state index in [1.54, 1.807) is 0 Å². The first kappa shape index (κ1) is 11.5. The van der Waals surface area contributed by atoms with Gasteiger partial charge in [0.05, 0.1) is 5.69 Å². The third kappa shape index (κ3) is 2.45. The van der Waals surface area contributed by atoms with Gasteiger partial charge in [-0.05, 0) is 40.0 Å². The molecule has 0 bridgehead atoms. The van der Waals surface area contributed by atoms with Gasteiger partial charge in [-0.3, -0.25) is 0 Å². The van der Waals surface area contributed by atoms with Gasteiger partial charge < -0.3 is 11.5 Å². The van der Waals surface area contributed by atoms with Gasteiger partial charge in [0.2, 0.25) is 0 Å². The Balaban J connectivity index is 3.07. The lowest BCUT2D eigenvalue weighted by Crippen LogP contribution is -2.12. The molecule has 14 heavy (non-hydrogen) atoms. The molecule has 1 rings (SSSR count). The summed E-state index contributed by atoms with van der Waals surface area (Å²) in [5, 5.41) is 0. The molecule has 0 amide bonds. The summed E-state index contributed by atoms with van der Waals surface area (Å²) in [6.07, 6.45) is 1.76. The fourth-order valence-electron chi connectivity index (χ4n) is 1.38. The number of benzene rings is 1. The lowest BCUT2D eigenvalue weighted by atomic mass is 10.0. The summed E-state index contributed by atoms with van der Waals surface area (Å²) in [4.78, 5) is 0. The van der Waals surface area contributed by atoms with Crippen molar-refractivity contribution < 1.29 is 4.39 Å². The molecule has 0 unspecified atom stereocenters. The molecule has 0 aliphatic carbocycles. The predicted octanol–water partition coefficient (Wildman–Crippen LogP) is 2.97. The summed E-state index contributed by atoms with van der Waals surface area (Å²) in [6, 6.07) is 2.56. The molecule has 0 radical (unpaired) electrons. The van der Waals surface area contributed by atoms with Gasteiger partial charge >= 0.3 is 0 Å². The summed E-state index contributed by atoms with van der Waals surface area (Å²) in [5.74, 6) is -0.312. The second-order valence-electron chi connectivity index (χ2n) is 3.29. The van der Waals surface area contributed by atoms with Crippen molar-refractivity contribution in [1.82, 2.24) is 0 Å². The standard InChI is InChI=1S/C10H14BrFN2/c1-2-3-9(13)7-4-6(12)5-8(11)10(7)14/h4-5,9H,2-3,13-14H2,1H3/t9-/m1/s1. The van der Waals surface area contributed by atoms with E-state index in [1.165, 1.54) is 12.1 Å². The second-order valence-corrected chi connectivity index (χ2v) is 4.14. The van der Waals surface area contributed by atoms with E-state index in [-0.39, 0.29) is 11.9 Å². The molecule has 0 saturated heterocycles. The Morgan fingerprint density at radius 3 is 2.71 bits per heavy atom. The van der Waals surface area contributed by atoms with Crippen LogP contribution in [0.1, 0.15) is 31.4 Å². The van der Waals surface area contributed by atoms with E-state index in [0.717, 1.165) is 12.8 Å². The van der Waals surface area contributed by atoms with E-state index in [0.29, 0.717) is 15.7 Å². The average Bonchev–Trinajstić information content (AvgIpc) is 2.11. The van der Waals surface area contributed by atoms with Crippen LogP contribution in [0.3, 0.4) is 0 Å². The molecule has 0 saturated carbocycles. The number of halogens is 2. The van der Waals surface area contributed by atoms with Gasteiger partial charge in [-0.25, -0.2) is 4.39 Å². The summed E-state index contributed by atoms with van der Waals surface area (Å²) in [5.41, 5.74) is 12.9. The summed E-state index contributed by atoms with van der Waals surface area (Å²) in [7, 11) is 0. The quantitative estimate of drug-likeness (QED) is 0.822. The molecule has 1 aromatic rings. The highest BCUT2D eigenvalue weighted by Gasteiger charge is 2.12. The molecule has 4 heteroatoms. The van der Waals surface area contributed by atoms with E-state index < -0.39 is 0 Å². The Morgan fingerprint density at radius 2 is 2.14 bits per heavy atom. The van der Waals surface area contributed by atoms with Crippen LogP contribution in [0.15, 0.2) is 16.6 Å². The minimum atomic E-state index is -0.312. The number of nitrogen functional groups attached to an aromatic ring is 1. The first-order valence-corrected chi connectivity index (χ1v) is 5.35. The topological polar surface area (TPSA) is 52.0 Å². The molecule has 1 aromatic carbocycles. The van der Waals surface area contributed by atoms with Crippen molar-refractivity contribution in [3.05, 3.63) is 28.0 Å². The van der Waals surface area contributed by atoms with Crippen LogP contribution < -0.4 is 11.5 Å². The van der Waals surface area contributed by atoms with Crippen molar-refractivity contribution in [3.8, 4) is 0 Å². The van der Waals surface area contributed by atoms with E-state index in [4.69, 9.17) is 11.5 Å². The van der Waals surface area contributed by atoms with Gasteiger partial charge in [-0.15, -0.1) is 0 Å². The zero-order chi connectivity index (χ0) is 10.7. The van der Waals surface area contributed by atoms with Crippen LogP contribution in [0.4, 0.5) is 10.1 Å². The average molecular weight is 261 g/mol. The fourth-order valence-corrected chi connectivity index (χ4v) is 1.83. The minimum Gasteiger partial charge on any atom is -0.398 e. The minimum absolute atomic E-state index is 0.188. The van der Waals surface area contributed by atoms with Crippen molar-refractivity contribution in [3.63, 3.8) is 0 Å². The fraction of sp³-hybridized carbons (Fsp3) is 0.400. The maximum Gasteiger partial charge on any atom is 0.124 e. The largest absolute Gasteiger partial charge is 0.398 e. The summed E-state index contributed by atoms with van der Waals surface area (Å²) in [6.45, 7) is 2.03. The lowest BCUT2D eigenvalue weighted by molar-refractivity contribution is 0.605. The van der Waals surface area contributed by atoms with Gasteiger partial charge in [-0.2, -0.15) is 0 Å². The zero-order valence-electron chi connectivity index (χ0n) is 8.06. The van der Waals surface area contributed by atoms with E-state index in [1.807, 2.05) is 6.92 Å². The molecule has 1 atom stereocenters. The van der Waals surface area contributed by atoms with Crippen molar-refractivity contribution >= 4 is 21.6 Å². The highest BCUT2D eigenvalue weighted by Crippen LogP contribution is 2.30. The maximum absolute atomic E-state index is 13.1. The molecule has 78 valence electrons. The normalized spacial score (nSPS) is 12.9. The Morgan fingerprint density at radius 1 is 1.50 bits per heavy atom. The van der Waals surface area contributed by atoms with Crippen LogP contribution in [0, 0.1) is 5.82 Å². The number of nitrogens with two attached hydrogens (primary N) is 2. The van der Waals surface area contributed by atoms with Gasteiger partial charge in [0.25, 0.3) is 0 Å². The van der Waals surface area contributed by atoms with E-state index in [9.17, 15) is 4.39 Å². The van der Waals surface area contributed by atoms with Crippen LogP contribution in [-0.4, -0.2) is 0 Å². The Hall–Kier alpha value is -0.610. The van der Waals surface area contributed by atoms with E-state index in [2.05, 4.69) is 15.9 Å². The van der Waals surface area contributed by atoms with Crippen LogP contribution in [0.5, 0.6) is 0 Å². The van der Waals surface area contributed by atoms with Gasteiger partial charge in [0.1, 0.15) is 5.82 Å².